The van der Waals surface area contributed by atoms with Gasteiger partial charge in [-0.25, -0.2) is 0 Å². The van der Waals surface area contributed by atoms with Crippen molar-refractivity contribution in [3.05, 3.63) is 0 Å². The Morgan fingerprint density at radius 1 is 0.923 bits per heavy atom. The van der Waals surface area contributed by atoms with Gasteiger partial charge in [0.15, 0.2) is 0 Å². The lowest BCUT2D eigenvalue weighted by molar-refractivity contribution is 0.547. The first-order valence-electron chi connectivity index (χ1n) is 5.86. The van der Waals surface area contributed by atoms with Crippen molar-refractivity contribution in [2.24, 2.45) is 5.92 Å². The van der Waals surface area contributed by atoms with E-state index in [9.17, 15) is 0 Å². The fraction of sp³-hybridized carbons (Fsp3) is 1.00. The summed E-state index contributed by atoms with van der Waals surface area (Å²) >= 11 is 0. The van der Waals surface area contributed by atoms with Crippen LogP contribution in [0.3, 0.4) is 0 Å². The van der Waals surface area contributed by atoms with Gasteiger partial charge in [-0.05, 0) is 5.92 Å². The van der Waals surface area contributed by atoms with Crippen molar-refractivity contribution < 1.29 is 0 Å². The van der Waals surface area contributed by atoms with Gasteiger partial charge in [0.1, 0.15) is 0 Å². The number of rotatable bonds is 6. The van der Waals surface area contributed by atoms with Crippen LogP contribution in [-0.2, 0) is 0 Å². The summed E-state index contributed by atoms with van der Waals surface area (Å²) in [6.07, 6.45) is 4.33. The van der Waals surface area contributed by atoms with Crippen molar-refractivity contribution in [2.75, 3.05) is 0 Å². The SMILES string of the molecule is CC(C)CCCC[Si](C)(C)C(C)C. The molecule has 0 amide bonds. The Labute approximate surface area is 86.1 Å². The fourth-order valence-corrected chi connectivity index (χ4v) is 3.16. The molecule has 13 heavy (non-hydrogen) atoms. The Hall–Kier alpha value is 0.217. The van der Waals surface area contributed by atoms with Crippen LogP contribution in [0.5, 0.6) is 0 Å². The van der Waals surface area contributed by atoms with Gasteiger partial charge in [0.2, 0.25) is 0 Å². The monoisotopic (exact) mass is 200 g/mol. The van der Waals surface area contributed by atoms with E-state index in [1.165, 1.54) is 25.3 Å². The molecule has 0 aromatic rings. The second kappa shape index (κ2) is 5.84. The Kier molecular flexibility index (Phi) is 5.94. The summed E-state index contributed by atoms with van der Waals surface area (Å²) in [4.78, 5) is 0. The second-order valence-electron chi connectivity index (χ2n) is 5.78. The molecular weight excluding hydrogens is 172 g/mol. The molecule has 1 heteroatoms. The zero-order valence-corrected chi connectivity index (χ0v) is 11.5. The molecule has 0 aromatic carbocycles. The average molecular weight is 200 g/mol. The van der Waals surface area contributed by atoms with Crippen LogP contribution in [0, 0.1) is 5.92 Å². The highest BCUT2D eigenvalue weighted by Gasteiger charge is 2.23. The predicted octanol–water partition coefficient (Wildman–Crippen LogP) is 4.93. The summed E-state index contributed by atoms with van der Waals surface area (Å²) in [6.45, 7) is 14.5. The van der Waals surface area contributed by atoms with Crippen LogP contribution in [0.25, 0.3) is 0 Å². The van der Waals surface area contributed by atoms with E-state index in [-0.39, 0.29) is 0 Å². The minimum atomic E-state index is -0.853. The summed E-state index contributed by atoms with van der Waals surface area (Å²) in [5, 5.41) is 0. The molecule has 0 nitrogen and oxygen atoms in total. The molecule has 0 aliphatic carbocycles. The Balaban J connectivity index is 3.52. The first kappa shape index (κ1) is 13.2. The zero-order chi connectivity index (χ0) is 10.5. The Bertz CT molecular complexity index is 125. The Morgan fingerprint density at radius 2 is 1.46 bits per heavy atom. The standard InChI is InChI=1S/C12H28Si/c1-11(2)9-7-8-10-13(5,6)12(3)4/h11-12H,7-10H2,1-6H3. The lowest BCUT2D eigenvalue weighted by Crippen LogP contribution is -2.28. The predicted molar refractivity (Wildman–Crippen MR) is 66.1 cm³/mol. The van der Waals surface area contributed by atoms with E-state index in [4.69, 9.17) is 0 Å². The molecule has 0 atom stereocenters. The van der Waals surface area contributed by atoms with E-state index in [1.807, 2.05) is 0 Å². The van der Waals surface area contributed by atoms with E-state index in [0.29, 0.717) is 0 Å². The summed E-state index contributed by atoms with van der Waals surface area (Å²) in [6, 6.07) is 1.53. The average Bonchev–Trinajstić information content (AvgIpc) is 1.97. The highest BCUT2D eigenvalue weighted by atomic mass is 28.3. The molecule has 0 heterocycles. The van der Waals surface area contributed by atoms with Crippen LogP contribution in [-0.4, -0.2) is 8.07 Å². The van der Waals surface area contributed by atoms with Crippen molar-refractivity contribution in [1.29, 1.82) is 0 Å². The van der Waals surface area contributed by atoms with Gasteiger partial charge in [-0.3, -0.25) is 0 Å². The molecule has 0 aromatic heterocycles. The van der Waals surface area contributed by atoms with Crippen LogP contribution in [0.15, 0.2) is 0 Å². The molecule has 0 saturated carbocycles. The molecule has 0 radical (unpaired) electrons. The third-order valence-electron chi connectivity index (χ3n) is 3.42. The second-order valence-corrected chi connectivity index (χ2v) is 11.4. The van der Waals surface area contributed by atoms with E-state index < -0.39 is 8.07 Å². The first-order valence-corrected chi connectivity index (χ1v) is 9.14. The minimum Gasteiger partial charge on any atom is -0.0692 e. The van der Waals surface area contributed by atoms with E-state index in [2.05, 4.69) is 40.8 Å². The van der Waals surface area contributed by atoms with Gasteiger partial charge in [0, 0.05) is 8.07 Å². The quantitative estimate of drug-likeness (QED) is 0.421. The van der Waals surface area contributed by atoms with Crippen LogP contribution in [0.2, 0.25) is 24.7 Å². The van der Waals surface area contributed by atoms with Crippen LogP contribution >= 0.6 is 0 Å². The number of hydrogen-bond donors (Lipinski definition) is 0. The molecule has 0 aliphatic heterocycles. The van der Waals surface area contributed by atoms with Gasteiger partial charge in [-0.2, -0.15) is 0 Å². The summed E-state index contributed by atoms with van der Waals surface area (Å²) < 4.78 is 0. The van der Waals surface area contributed by atoms with Crippen molar-refractivity contribution in [3.63, 3.8) is 0 Å². The molecule has 0 bridgehead atoms. The van der Waals surface area contributed by atoms with Gasteiger partial charge in [0.25, 0.3) is 0 Å². The maximum absolute atomic E-state index is 2.53. The molecular formula is C12H28Si. The largest absolute Gasteiger partial charge is 0.0692 e. The molecule has 0 unspecified atom stereocenters. The van der Waals surface area contributed by atoms with Crippen LogP contribution in [0.1, 0.15) is 47.0 Å². The molecule has 0 fully saturated rings. The van der Waals surface area contributed by atoms with Crippen LogP contribution in [0.4, 0.5) is 0 Å². The topological polar surface area (TPSA) is 0 Å². The van der Waals surface area contributed by atoms with Gasteiger partial charge < -0.3 is 0 Å². The molecule has 80 valence electrons. The van der Waals surface area contributed by atoms with Crippen molar-refractivity contribution in [1.82, 2.24) is 0 Å². The summed E-state index contributed by atoms with van der Waals surface area (Å²) in [5.41, 5.74) is 0.951. The highest BCUT2D eigenvalue weighted by molar-refractivity contribution is 6.78. The molecule has 0 saturated heterocycles. The minimum absolute atomic E-state index is 0.853. The lowest BCUT2D eigenvalue weighted by Gasteiger charge is -2.26. The normalized spacial score (nSPS) is 12.9. The van der Waals surface area contributed by atoms with Crippen molar-refractivity contribution >= 4 is 8.07 Å². The molecule has 0 N–H and O–H groups in total. The number of hydrogen-bond acceptors (Lipinski definition) is 0. The fourth-order valence-electron chi connectivity index (χ4n) is 1.42. The smallest absolute Gasteiger partial charge is 0.0499 e. The van der Waals surface area contributed by atoms with Gasteiger partial charge in [-0.15, -0.1) is 0 Å². The molecule has 0 aliphatic rings. The third kappa shape index (κ3) is 6.31. The zero-order valence-electron chi connectivity index (χ0n) is 10.5. The Morgan fingerprint density at radius 3 is 1.85 bits per heavy atom. The first-order chi connectivity index (χ1) is 5.86. The van der Waals surface area contributed by atoms with Gasteiger partial charge in [0.05, 0.1) is 0 Å². The van der Waals surface area contributed by atoms with Crippen molar-refractivity contribution in [3.8, 4) is 0 Å². The lowest BCUT2D eigenvalue weighted by atomic mass is 10.1. The maximum Gasteiger partial charge on any atom is 0.0499 e. The van der Waals surface area contributed by atoms with E-state index >= 15 is 0 Å². The number of unbranched alkanes of at least 4 members (excludes halogenated alkanes) is 1. The maximum atomic E-state index is 2.53. The third-order valence-corrected chi connectivity index (χ3v) is 8.18. The van der Waals surface area contributed by atoms with Crippen molar-refractivity contribution in [2.45, 2.75) is 71.6 Å². The summed E-state index contributed by atoms with van der Waals surface area (Å²) in [5.74, 6) is 0.892. The van der Waals surface area contributed by atoms with Gasteiger partial charge in [-0.1, -0.05) is 71.6 Å². The molecule has 0 rings (SSSR count). The van der Waals surface area contributed by atoms with E-state index in [1.54, 1.807) is 0 Å². The highest BCUT2D eigenvalue weighted by Crippen LogP contribution is 2.27. The van der Waals surface area contributed by atoms with Gasteiger partial charge >= 0.3 is 0 Å². The molecule has 0 spiro atoms. The van der Waals surface area contributed by atoms with Crippen LogP contribution < -0.4 is 0 Å². The summed E-state index contributed by atoms with van der Waals surface area (Å²) in [7, 11) is -0.853. The van der Waals surface area contributed by atoms with E-state index in [0.717, 1.165) is 11.5 Å².